The smallest absolute Gasteiger partial charge is 0.229 e. The number of carbonyl (C=O) groups excluding carboxylic acids is 1. The van der Waals surface area contributed by atoms with Gasteiger partial charge in [0.05, 0.1) is 6.61 Å². The minimum atomic E-state index is -1.30. The molecule has 4 rings (SSSR count). The molecule has 0 spiro atoms. The van der Waals surface area contributed by atoms with Crippen LogP contribution in [0.15, 0.2) is 54.6 Å². The Balaban J connectivity index is 1.43. The molecule has 7 heteroatoms. The number of fused-ring (bicyclic) bond motifs is 1. The fourth-order valence-corrected chi connectivity index (χ4v) is 3.36. The highest BCUT2D eigenvalue weighted by molar-refractivity contribution is 5.94. The van der Waals surface area contributed by atoms with Crippen molar-refractivity contribution in [3.63, 3.8) is 0 Å². The number of aliphatic hydroxyl groups excluding tert-OH is 2. The quantitative estimate of drug-likeness (QED) is 0.774. The molecule has 7 nitrogen and oxygen atoms in total. The maximum atomic E-state index is 11.4. The molecule has 0 bridgehead atoms. The van der Waals surface area contributed by atoms with E-state index in [2.05, 4.69) is 0 Å². The van der Waals surface area contributed by atoms with E-state index < -0.39 is 37.0 Å². The number of hydrogen-bond acceptors (Lipinski definition) is 7. The number of hydrogen-bond donors (Lipinski definition) is 2. The monoisotopic (exact) mass is 386 g/mol. The van der Waals surface area contributed by atoms with Crippen molar-refractivity contribution >= 4 is 5.78 Å². The third-order valence-corrected chi connectivity index (χ3v) is 4.92. The Hall–Kier alpha value is -2.29. The van der Waals surface area contributed by atoms with Gasteiger partial charge in [0.25, 0.3) is 0 Å². The van der Waals surface area contributed by atoms with Crippen molar-refractivity contribution in [1.82, 2.24) is 0 Å². The molecule has 2 aliphatic rings. The van der Waals surface area contributed by atoms with E-state index in [0.717, 1.165) is 5.56 Å². The van der Waals surface area contributed by atoms with E-state index in [0.29, 0.717) is 11.3 Å². The van der Waals surface area contributed by atoms with E-state index in [1.165, 1.54) is 6.92 Å². The lowest BCUT2D eigenvalue weighted by atomic mass is 9.98. The molecule has 2 aromatic carbocycles. The second-order valence-electron chi connectivity index (χ2n) is 6.90. The van der Waals surface area contributed by atoms with Gasteiger partial charge in [-0.2, -0.15) is 0 Å². The topological polar surface area (TPSA) is 94.5 Å². The van der Waals surface area contributed by atoms with Crippen molar-refractivity contribution in [3.8, 4) is 5.75 Å². The van der Waals surface area contributed by atoms with Crippen LogP contribution in [0.4, 0.5) is 0 Å². The van der Waals surface area contributed by atoms with Crippen LogP contribution in [0, 0.1) is 0 Å². The van der Waals surface area contributed by atoms with Crippen molar-refractivity contribution in [2.45, 2.75) is 43.9 Å². The number of ether oxygens (including phenoxy) is 4. The molecule has 2 aromatic rings. The maximum Gasteiger partial charge on any atom is 0.229 e. The van der Waals surface area contributed by atoms with Crippen molar-refractivity contribution in [2.24, 2.45) is 0 Å². The van der Waals surface area contributed by atoms with Gasteiger partial charge in [0.15, 0.2) is 12.1 Å². The van der Waals surface area contributed by atoms with Gasteiger partial charge < -0.3 is 29.2 Å². The number of benzene rings is 2. The van der Waals surface area contributed by atoms with E-state index in [1.807, 2.05) is 30.3 Å². The van der Waals surface area contributed by atoms with Gasteiger partial charge in [-0.05, 0) is 31.2 Å². The zero-order valence-electron chi connectivity index (χ0n) is 15.3. The molecule has 0 saturated carbocycles. The Kier molecular flexibility index (Phi) is 5.43. The molecule has 2 heterocycles. The highest BCUT2D eigenvalue weighted by Gasteiger charge is 2.49. The zero-order chi connectivity index (χ0) is 19.7. The molecule has 6 unspecified atom stereocenters. The normalized spacial score (nSPS) is 32.4. The van der Waals surface area contributed by atoms with Crippen LogP contribution in [0.2, 0.25) is 0 Å². The van der Waals surface area contributed by atoms with Crippen LogP contribution in [0.25, 0.3) is 0 Å². The minimum absolute atomic E-state index is 0.0526. The van der Waals surface area contributed by atoms with Gasteiger partial charge in [-0.25, -0.2) is 0 Å². The molecule has 2 saturated heterocycles. The number of rotatable bonds is 4. The first-order valence-corrected chi connectivity index (χ1v) is 9.14. The van der Waals surface area contributed by atoms with E-state index in [9.17, 15) is 15.0 Å². The summed E-state index contributed by atoms with van der Waals surface area (Å²) >= 11 is 0. The van der Waals surface area contributed by atoms with Gasteiger partial charge in [-0.15, -0.1) is 0 Å². The van der Waals surface area contributed by atoms with E-state index in [-0.39, 0.29) is 12.4 Å². The van der Waals surface area contributed by atoms with Gasteiger partial charge in [0.1, 0.15) is 30.2 Å². The Morgan fingerprint density at radius 2 is 1.71 bits per heavy atom. The van der Waals surface area contributed by atoms with E-state index in [1.54, 1.807) is 24.3 Å². The number of carbonyl (C=O) groups is 1. The molecule has 2 aliphatic heterocycles. The Bertz CT molecular complexity index is 805. The van der Waals surface area contributed by atoms with Crippen LogP contribution in [0.1, 0.15) is 29.1 Å². The molecule has 148 valence electrons. The van der Waals surface area contributed by atoms with E-state index in [4.69, 9.17) is 18.9 Å². The lowest BCUT2D eigenvalue weighted by molar-refractivity contribution is -0.350. The first kappa shape index (κ1) is 19.0. The average molecular weight is 386 g/mol. The molecule has 0 amide bonds. The molecular formula is C21H22O7. The highest BCUT2D eigenvalue weighted by Crippen LogP contribution is 2.34. The van der Waals surface area contributed by atoms with Gasteiger partial charge >= 0.3 is 0 Å². The van der Waals surface area contributed by atoms with Crippen molar-refractivity contribution in [3.05, 3.63) is 65.7 Å². The summed E-state index contributed by atoms with van der Waals surface area (Å²) in [6.45, 7) is 1.67. The minimum Gasteiger partial charge on any atom is -0.462 e. The second kappa shape index (κ2) is 7.98. The summed E-state index contributed by atoms with van der Waals surface area (Å²) in [7, 11) is 0. The molecule has 0 radical (unpaired) electrons. The van der Waals surface area contributed by atoms with Crippen LogP contribution < -0.4 is 4.74 Å². The summed E-state index contributed by atoms with van der Waals surface area (Å²) in [5, 5.41) is 21.0. The van der Waals surface area contributed by atoms with Crippen LogP contribution in [0.3, 0.4) is 0 Å². The van der Waals surface area contributed by atoms with Gasteiger partial charge in [0.2, 0.25) is 6.29 Å². The largest absolute Gasteiger partial charge is 0.462 e. The number of Topliss-reactive ketones (excluding diaryl/α,β-unsaturated/α-hetero) is 1. The Morgan fingerprint density at radius 1 is 1.00 bits per heavy atom. The predicted molar refractivity (Wildman–Crippen MR) is 97.8 cm³/mol. The number of aliphatic hydroxyl groups is 2. The lowest BCUT2D eigenvalue weighted by Crippen LogP contribution is -2.62. The third kappa shape index (κ3) is 3.80. The zero-order valence-corrected chi connectivity index (χ0v) is 15.3. The molecule has 0 aromatic heterocycles. The predicted octanol–water partition coefficient (Wildman–Crippen LogP) is 1.83. The first-order chi connectivity index (χ1) is 13.5. The summed E-state index contributed by atoms with van der Waals surface area (Å²) in [6.07, 6.45) is -5.54. The molecule has 2 N–H and O–H groups in total. The lowest BCUT2D eigenvalue weighted by Gasteiger charge is -2.46. The van der Waals surface area contributed by atoms with E-state index >= 15 is 0 Å². The van der Waals surface area contributed by atoms with Crippen LogP contribution in [0.5, 0.6) is 5.75 Å². The summed E-state index contributed by atoms with van der Waals surface area (Å²) in [5.74, 6) is 0.364. The van der Waals surface area contributed by atoms with Crippen molar-refractivity contribution < 1.29 is 34.0 Å². The molecule has 28 heavy (non-hydrogen) atoms. The van der Waals surface area contributed by atoms with Crippen LogP contribution in [-0.2, 0) is 14.2 Å². The molecule has 0 aliphatic carbocycles. The summed E-state index contributed by atoms with van der Waals surface area (Å²) in [5.41, 5.74) is 1.38. The fraction of sp³-hybridized carbons (Fsp3) is 0.381. The van der Waals surface area contributed by atoms with Gasteiger partial charge in [-0.1, -0.05) is 30.3 Å². The Labute approximate surface area is 162 Å². The summed E-state index contributed by atoms with van der Waals surface area (Å²) in [6, 6.07) is 15.9. The SMILES string of the molecule is CC(=O)c1ccc(OC2OC3COC(c4ccccc4)OC3C(O)C2O)cc1. The standard InChI is InChI=1S/C21H22O7/c1-12(22)13-7-9-15(10-8-13)26-21-18(24)17(23)19-16(27-21)11-25-20(28-19)14-5-3-2-4-6-14/h2-10,16-21,23-24H,11H2,1H3. The van der Waals surface area contributed by atoms with Gasteiger partial charge in [0, 0.05) is 11.1 Å². The highest BCUT2D eigenvalue weighted by atomic mass is 16.8. The van der Waals surface area contributed by atoms with Crippen LogP contribution >= 0.6 is 0 Å². The van der Waals surface area contributed by atoms with Crippen molar-refractivity contribution in [2.75, 3.05) is 6.61 Å². The molecular weight excluding hydrogens is 364 g/mol. The third-order valence-electron chi connectivity index (χ3n) is 4.92. The summed E-state index contributed by atoms with van der Waals surface area (Å²) < 4.78 is 23.0. The number of ketones is 1. The van der Waals surface area contributed by atoms with Crippen molar-refractivity contribution in [1.29, 1.82) is 0 Å². The summed E-state index contributed by atoms with van der Waals surface area (Å²) in [4.78, 5) is 11.4. The molecule has 6 atom stereocenters. The Morgan fingerprint density at radius 3 is 2.39 bits per heavy atom. The second-order valence-corrected chi connectivity index (χ2v) is 6.90. The van der Waals surface area contributed by atoms with Crippen LogP contribution in [-0.4, -0.2) is 53.3 Å². The maximum absolute atomic E-state index is 11.4. The average Bonchev–Trinajstić information content (AvgIpc) is 2.72. The van der Waals surface area contributed by atoms with Gasteiger partial charge in [-0.3, -0.25) is 4.79 Å². The fourth-order valence-electron chi connectivity index (χ4n) is 3.36. The first-order valence-electron chi connectivity index (χ1n) is 9.14. The molecule has 2 fully saturated rings.